The van der Waals surface area contributed by atoms with Gasteiger partial charge in [-0.05, 0) is 12.5 Å². The molecule has 3 heteroatoms. The number of hydrogen-bond acceptors (Lipinski definition) is 2. The molecule has 0 saturated carbocycles. The van der Waals surface area contributed by atoms with Crippen molar-refractivity contribution in [2.45, 2.75) is 6.04 Å². The Labute approximate surface area is 88.4 Å². The molecule has 3 nitrogen and oxygen atoms in total. The van der Waals surface area contributed by atoms with Crippen molar-refractivity contribution in [2.24, 2.45) is 0 Å². The van der Waals surface area contributed by atoms with Crippen LogP contribution in [0.15, 0.2) is 43.0 Å². The molecule has 0 aliphatic rings. The minimum Gasteiger partial charge on any atom is -0.330 e. The number of benzene rings is 1. The maximum atomic E-state index is 10.5. The fourth-order valence-corrected chi connectivity index (χ4v) is 1.42. The molecule has 0 N–H and O–H groups in total. The van der Waals surface area contributed by atoms with Crippen molar-refractivity contribution < 1.29 is 4.79 Å². The number of hydrogen-bond donors (Lipinski definition) is 0. The molecule has 2 aromatic rings. The van der Waals surface area contributed by atoms with Crippen molar-refractivity contribution in [2.75, 3.05) is 0 Å². The number of carbonyl (C=O) groups excluding carboxylic acids is 1. The van der Waals surface area contributed by atoms with E-state index in [1.54, 1.807) is 24.7 Å². The van der Waals surface area contributed by atoms with Gasteiger partial charge in [-0.25, -0.2) is 4.98 Å². The van der Waals surface area contributed by atoms with Gasteiger partial charge in [-0.1, -0.05) is 24.3 Å². The summed E-state index contributed by atoms with van der Waals surface area (Å²) in [4.78, 5) is 14.5. The number of aromatic nitrogens is 2. The predicted molar refractivity (Wildman–Crippen MR) is 57.6 cm³/mol. The van der Waals surface area contributed by atoms with Crippen LogP contribution in [0, 0.1) is 6.92 Å². The summed E-state index contributed by atoms with van der Waals surface area (Å²) in [5.41, 5.74) is 1.73. The van der Waals surface area contributed by atoms with Gasteiger partial charge in [-0.15, -0.1) is 0 Å². The molecule has 15 heavy (non-hydrogen) atoms. The van der Waals surface area contributed by atoms with Crippen molar-refractivity contribution in [3.8, 4) is 0 Å². The molecule has 1 atom stereocenters. The van der Waals surface area contributed by atoms with E-state index in [1.807, 2.05) is 22.9 Å². The van der Waals surface area contributed by atoms with Gasteiger partial charge in [-0.2, -0.15) is 0 Å². The van der Waals surface area contributed by atoms with E-state index in [4.69, 9.17) is 0 Å². The van der Waals surface area contributed by atoms with Crippen molar-refractivity contribution in [1.82, 2.24) is 9.55 Å². The molecule has 1 aromatic carbocycles. The van der Waals surface area contributed by atoms with Gasteiger partial charge < -0.3 is 4.57 Å². The summed E-state index contributed by atoms with van der Waals surface area (Å²) < 4.78 is 1.91. The minimum absolute atomic E-state index is 0.00629. The normalized spacial score (nSPS) is 12.3. The van der Waals surface area contributed by atoms with Crippen molar-refractivity contribution in [3.63, 3.8) is 0 Å². The second kappa shape index (κ2) is 4.09. The van der Waals surface area contributed by atoms with E-state index in [2.05, 4.69) is 11.9 Å². The van der Waals surface area contributed by atoms with E-state index in [0.29, 0.717) is 5.56 Å². The highest BCUT2D eigenvalue weighted by molar-refractivity contribution is 5.74. The fraction of sp³-hybridized carbons (Fsp3) is 0.0833. The van der Waals surface area contributed by atoms with Gasteiger partial charge in [0.15, 0.2) is 0 Å². The summed E-state index contributed by atoms with van der Waals surface area (Å²) in [7, 11) is 0. The Balaban J connectivity index is 2.26. The molecule has 2 rings (SSSR count). The molecule has 0 bridgehead atoms. The highest BCUT2D eigenvalue weighted by Gasteiger charge is 2.06. The maximum absolute atomic E-state index is 10.5. The molecule has 0 aliphatic carbocycles. The van der Waals surface area contributed by atoms with Crippen LogP contribution < -0.4 is 0 Å². The number of rotatable bonds is 3. The van der Waals surface area contributed by atoms with Gasteiger partial charge >= 0.3 is 0 Å². The average molecular weight is 199 g/mol. The highest BCUT2D eigenvalue weighted by atomic mass is 16.1. The minimum atomic E-state index is -0.00629. The van der Waals surface area contributed by atoms with E-state index in [9.17, 15) is 4.79 Å². The van der Waals surface area contributed by atoms with Gasteiger partial charge in [0.2, 0.25) is 0 Å². The Kier molecular flexibility index (Phi) is 2.63. The molecule has 1 radical (unpaired) electrons. The Bertz CT molecular complexity index is 431. The second-order valence-electron chi connectivity index (χ2n) is 3.31. The van der Waals surface area contributed by atoms with E-state index in [-0.39, 0.29) is 6.04 Å². The quantitative estimate of drug-likeness (QED) is 0.710. The zero-order valence-electron chi connectivity index (χ0n) is 8.21. The summed E-state index contributed by atoms with van der Waals surface area (Å²) in [5.74, 6) is 0. The smallest absolute Gasteiger partial charge is 0.150 e. The lowest BCUT2D eigenvalue weighted by atomic mass is 10.1. The van der Waals surface area contributed by atoms with Crippen LogP contribution in [0.4, 0.5) is 0 Å². The lowest BCUT2D eigenvalue weighted by molar-refractivity contribution is 0.112. The van der Waals surface area contributed by atoms with Crippen LogP contribution in [0.25, 0.3) is 0 Å². The molecule has 0 aliphatic heterocycles. The van der Waals surface area contributed by atoms with E-state index in [1.165, 1.54) is 0 Å². The van der Waals surface area contributed by atoms with E-state index in [0.717, 1.165) is 11.8 Å². The first-order valence-electron chi connectivity index (χ1n) is 4.67. The lowest BCUT2D eigenvalue weighted by Gasteiger charge is -2.12. The number of nitrogens with zero attached hydrogens (tertiary/aromatic N) is 2. The largest absolute Gasteiger partial charge is 0.330 e. The molecule has 0 fully saturated rings. The predicted octanol–water partition coefficient (Wildman–Crippen LogP) is 2.12. The molecule has 1 heterocycles. The molecule has 1 unspecified atom stereocenters. The maximum Gasteiger partial charge on any atom is 0.150 e. The average Bonchev–Trinajstić information content (AvgIpc) is 2.82. The third-order valence-electron chi connectivity index (χ3n) is 2.34. The summed E-state index contributed by atoms with van der Waals surface area (Å²) in [6.07, 6.45) is 6.15. The Morgan fingerprint density at radius 2 is 2.07 bits per heavy atom. The van der Waals surface area contributed by atoms with E-state index >= 15 is 0 Å². The summed E-state index contributed by atoms with van der Waals surface area (Å²) in [6.45, 7) is 4.04. The third-order valence-corrected chi connectivity index (χ3v) is 2.34. The molecule has 75 valence electrons. The zero-order valence-corrected chi connectivity index (χ0v) is 8.21. The Morgan fingerprint density at radius 3 is 2.60 bits per heavy atom. The first kappa shape index (κ1) is 9.65. The molecule has 0 spiro atoms. The highest BCUT2D eigenvalue weighted by Crippen LogP contribution is 2.16. The molecular formula is C12H11N2O. The van der Waals surface area contributed by atoms with Crippen LogP contribution in [0.3, 0.4) is 0 Å². The Hall–Kier alpha value is -1.90. The van der Waals surface area contributed by atoms with Crippen LogP contribution in [0.1, 0.15) is 22.0 Å². The lowest BCUT2D eigenvalue weighted by Crippen LogP contribution is -2.04. The first-order valence-corrected chi connectivity index (χ1v) is 4.67. The third kappa shape index (κ3) is 1.96. The van der Waals surface area contributed by atoms with Crippen molar-refractivity contribution in [3.05, 3.63) is 61.0 Å². The number of aldehydes is 1. The van der Waals surface area contributed by atoms with Crippen LogP contribution in [-0.2, 0) is 0 Å². The topological polar surface area (TPSA) is 34.9 Å². The van der Waals surface area contributed by atoms with Crippen LogP contribution in [0.2, 0.25) is 0 Å². The van der Waals surface area contributed by atoms with Crippen LogP contribution in [0.5, 0.6) is 0 Å². The number of carbonyl (C=O) groups is 1. The Morgan fingerprint density at radius 1 is 1.33 bits per heavy atom. The van der Waals surface area contributed by atoms with Crippen molar-refractivity contribution in [1.29, 1.82) is 0 Å². The number of imidazole rings is 1. The monoisotopic (exact) mass is 199 g/mol. The molecule has 0 saturated heterocycles. The van der Waals surface area contributed by atoms with Gasteiger partial charge in [0, 0.05) is 18.0 Å². The van der Waals surface area contributed by atoms with Gasteiger partial charge in [-0.3, -0.25) is 4.79 Å². The second-order valence-corrected chi connectivity index (χ2v) is 3.31. The van der Waals surface area contributed by atoms with Gasteiger partial charge in [0.25, 0.3) is 0 Å². The first-order chi connectivity index (χ1) is 7.31. The molecule has 0 amide bonds. The van der Waals surface area contributed by atoms with E-state index < -0.39 is 0 Å². The molecule has 1 aromatic heterocycles. The summed E-state index contributed by atoms with van der Waals surface area (Å²) >= 11 is 0. The van der Waals surface area contributed by atoms with Gasteiger partial charge in [0.1, 0.15) is 6.29 Å². The van der Waals surface area contributed by atoms with Crippen molar-refractivity contribution >= 4 is 6.29 Å². The standard InChI is InChI=1S/C12H11N2O/c1-10(14-7-6-13-9-14)12-4-2-11(8-15)3-5-12/h2-10H,1H2. The zero-order chi connectivity index (χ0) is 10.7. The SMILES string of the molecule is [CH2]C(c1ccc(C=O)cc1)n1ccnc1. The summed E-state index contributed by atoms with van der Waals surface area (Å²) in [6, 6.07) is 7.38. The van der Waals surface area contributed by atoms with Crippen LogP contribution >= 0.6 is 0 Å². The van der Waals surface area contributed by atoms with Gasteiger partial charge in [0.05, 0.1) is 12.4 Å². The molecular weight excluding hydrogens is 188 g/mol. The van der Waals surface area contributed by atoms with Crippen LogP contribution in [-0.4, -0.2) is 15.8 Å². The summed E-state index contributed by atoms with van der Waals surface area (Å²) in [5, 5.41) is 0. The fourth-order valence-electron chi connectivity index (χ4n) is 1.42.